The minimum absolute atomic E-state index is 0.267. The maximum atomic E-state index is 13.2. The fourth-order valence-corrected chi connectivity index (χ4v) is 10.2. The highest BCUT2D eigenvalue weighted by atomic mass is 16.7. The molecule has 9 atom stereocenters. The van der Waals surface area contributed by atoms with Gasteiger partial charge in [-0.25, -0.2) is 0 Å². The van der Waals surface area contributed by atoms with E-state index in [2.05, 4.69) is 19.2 Å². The highest BCUT2D eigenvalue weighted by Gasteiger charge is 2.44. The number of ether oxygens (including phenoxy) is 2. The van der Waals surface area contributed by atoms with E-state index < -0.39 is 74.2 Å². The molecule has 0 aromatic rings. The molecule has 1 amide bonds. The first-order chi connectivity index (χ1) is 34.2. The van der Waals surface area contributed by atoms with E-state index >= 15 is 0 Å². The van der Waals surface area contributed by atoms with Crippen molar-refractivity contribution in [3.05, 3.63) is 0 Å². The second-order valence-electron chi connectivity index (χ2n) is 21.8. The molecule has 0 radical (unpaired) electrons. The number of aliphatic hydroxyl groups excluding tert-OH is 7. The van der Waals surface area contributed by atoms with Crippen molar-refractivity contribution >= 4 is 5.91 Å². The van der Waals surface area contributed by atoms with Gasteiger partial charge in [0.15, 0.2) is 6.29 Å². The van der Waals surface area contributed by atoms with Gasteiger partial charge in [0.2, 0.25) is 5.91 Å². The number of amides is 1. The van der Waals surface area contributed by atoms with Gasteiger partial charge < -0.3 is 50.5 Å². The van der Waals surface area contributed by atoms with Crippen LogP contribution < -0.4 is 5.32 Å². The minimum atomic E-state index is -1.66. The third-order valence-corrected chi connectivity index (χ3v) is 15.2. The number of hydrogen-bond donors (Lipinski definition) is 8. The van der Waals surface area contributed by atoms with E-state index in [1.807, 2.05) is 0 Å². The molecule has 1 aliphatic heterocycles. The van der Waals surface area contributed by atoms with E-state index in [9.17, 15) is 40.5 Å². The molecule has 1 saturated heterocycles. The zero-order chi connectivity index (χ0) is 51.1. The van der Waals surface area contributed by atoms with Crippen molar-refractivity contribution in [1.82, 2.24) is 5.32 Å². The molecule has 1 fully saturated rings. The standard InChI is InChI=1S/C59H117NO10/c1-3-5-7-9-11-13-15-17-19-21-23-24-25-26-27-29-30-32-34-36-38-40-42-44-46-51(62)54(64)50(49-69-59-57(67)56(66)55(65)53(48-61)70-59)60-58(68)52(63)47-45-43-41-39-37-35-33-31-28-22-20-18-16-14-12-10-8-6-4-2/h50-57,59,61-67H,3-49H2,1-2H3,(H,60,68). The molecule has 9 unspecified atom stereocenters. The molecule has 1 heterocycles. The molecule has 0 spiro atoms. The second kappa shape index (κ2) is 49.0. The predicted octanol–water partition coefficient (Wildman–Crippen LogP) is 13.0. The van der Waals surface area contributed by atoms with E-state index in [1.165, 1.54) is 225 Å². The molecule has 0 bridgehead atoms. The number of rotatable bonds is 53. The van der Waals surface area contributed by atoms with Crippen molar-refractivity contribution in [2.75, 3.05) is 13.2 Å². The van der Waals surface area contributed by atoms with Gasteiger partial charge in [0.1, 0.15) is 36.6 Å². The number of carbonyl (C=O) groups excluding carboxylic acids is 1. The predicted molar refractivity (Wildman–Crippen MR) is 289 cm³/mol. The molecule has 0 aromatic heterocycles. The molecule has 0 aromatic carbocycles. The van der Waals surface area contributed by atoms with E-state index in [0.29, 0.717) is 19.3 Å². The summed E-state index contributed by atoms with van der Waals surface area (Å²) in [5, 5.41) is 76.3. The number of carbonyl (C=O) groups is 1. The van der Waals surface area contributed by atoms with Crippen LogP contribution in [0.2, 0.25) is 0 Å². The maximum absolute atomic E-state index is 13.2. The van der Waals surface area contributed by atoms with Crippen molar-refractivity contribution in [3.63, 3.8) is 0 Å². The van der Waals surface area contributed by atoms with E-state index in [0.717, 1.165) is 38.5 Å². The fraction of sp³-hybridized carbons (Fsp3) is 0.983. The zero-order valence-electron chi connectivity index (χ0n) is 45.8. The Hall–Kier alpha value is -0.890. The minimum Gasteiger partial charge on any atom is -0.394 e. The summed E-state index contributed by atoms with van der Waals surface area (Å²) in [4.78, 5) is 13.2. The summed E-state index contributed by atoms with van der Waals surface area (Å²) in [6.45, 7) is 3.51. The van der Waals surface area contributed by atoms with Crippen LogP contribution in [0.5, 0.6) is 0 Å². The highest BCUT2D eigenvalue weighted by molar-refractivity contribution is 5.80. The van der Waals surface area contributed by atoms with Crippen molar-refractivity contribution in [2.45, 2.75) is 358 Å². The lowest BCUT2D eigenvalue weighted by Crippen LogP contribution is -2.60. The van der Waals surface area contributed by atoms with Gasteiger partial charge in [0.05, 0.1) is 25.4 Å². The van der Waals surface area contributed by atoms with Crippen LogP contribution in [0, 0.1) is 0 Å². The van der Waals surface area contributed by atoms with Crippen molar-refractivity contribution in [2.24, 2.45) is 0 Å². The Morgan fingerprint density at radius 2 is 0.743 bits per heavy atom. The summed E-state index contributed by atoms with van der Waals surface area (Å²) < 4.78 is 11.2. The average molecular weight is 1000 g/mol. The first kappa shape index (κ1) is 67.1. The Morgan fingerprint density at radius 3 is 1.06 bits per heavy atom. The van der Waals surface area contributed by atoms with E-state index in [4.69, 9.17) is 9.47 Å². The molecule has 1 rings (SSSR count). The lowest BCUT2D eigenvalue weighted by atomic mass is 9.98. The van der Waals surface area contributed by atoms with Crippen LogP contribution >= 0.6 is 0 Å². The van der Waals surface area contributed by atoms with Crippen molar-refractivity contribution in [3.8, 4) is 0 Å². The van der Waals surface area contributed by atoms with Crippen LogP contribution in [-0.2, 0) is 14.3 Å². The normalized spacial score (nSPS) is 20.2. The van der Waals surface area contributed by atoms with Crippen LogP contribution in [0.3, 0.4) is 0 Å². The van der Waals surface area contributed by atoms with Gasteiger partial charge in [-0.1, -0.05) is 290 Å². The van der Waals surface area contributed by atoms with Gasteiger partial charge >= 0.3 is 0 Å². The van der Waals surface area contributed by atoms with Crippen LogP contribution in [-0.4, -0.2) is 110 Å². The number of aliphatic hydroxyl groups is 7. The first-order valence-electron chi connectivity index (χ1n) is 30.4. The van der Waals surface area contributed by atoms with Crippen molar-refractivity contribution in [1.29, 1.82) is 0 Å². The molecule has 418 valence electrons. The van der Waals surface area contributed by atoms with E-state index in [-0.39, 0.29) is 6.42 Å². The lowest BCUT2D eigenvalue weighted by molar-refractivity contribution is -0.303. The van der Waals surface area contributed by atoms with Gasteiger partial charge in [-0.05, 0) is 12.8 Å². The molecular weight excluding hydrogens is 883 g/mol. The molecule has 0 saturated carbocycles. The first-order valence-corrected chi connectivity index (χ1v) is 30.4. The Morgan fingerprint density at radius 1 is 0.443 bits per heavy atom. The van der Waals surface area contributed by atoms with Gasteiger partial charge in [0.25, 0.3) is 0 Å². The third kappa shape index (κ3) is 36.9. The van der Waals surface area contributed by atoms with Crippen LogP contribution in [0.1, 0.15) is 303 Å². The van der Waals surface area contributed by atoms with Crippen LogP contribution in [0.15, 0.2) is 0 Å². The van der Waals surface area contributed by atoms with E-state index in [1.54, 1.807) is 0 Å². The SMILES string of the molecule is CCCCCCCCCCCCCCCCCCCCCCCCCCC(O)C(O)C(COC1OC(CO)C(O)C(O)C1O)NC(=O)C(O)CCCCCCCCCCCCCCCCCCCCC. The molecule has 1 aliphatic rings. The third-order valence-electron chi connectivity index (χ3n) is 15.2. The molecule has 70 heavy (non-hydrogen) atoms. The number of nitrogens with one attached hydrogen (secondary N) is 1. The second-order valence-corrected chi connectivity index (χ2v) is 21.8. The molecular formula is C59H117NO10. The average Bonchev–Trinajstić information content (AvgIpc) is 3.36. The van der Waals surface area contributed by atoms with Gasteiger partial charge in [-0.2, -0.15) is 0 Å². The van der Waals surface area contributed by atoms with Gasteiger partial charge in [-0.3, -0.25) is 4.79 Å². The summed E-state index contributed by atoms with van der Waals surface area (Å²) in [7, 11) is 0. The summed E-state index contributed by atoms with van der Waals surface area (Å²) >= 11 is 0. The number of hydrogen-bond acceptors (Lipinski definition) is 10. The summed E-state index contributed by atoms with van der Waals surface area (Å²) in [5.41, 5.74) is 0. The van der Waals surface area contributed by atoms with Crippen molar-refractivity contribution < 1.29 is 50.0 Å². The maximum Gasteiger partial charge on any atom is 0.249 e. The molecule has 11 nitrogen and oxygen atoms in total. The summed E-state index contributed by atoms with van der Waals surface area (Å²) in [5.74, 6) is -0.689. The Labute approximate surface area is 430 Å². The van der Waals surface area contributed by atoms with Gasteiger partial charge in [0, 0.05) is 0 Å². The Bertz CT molecular complexity index is 1100. The lowest BCUT2D eigenvalue weighted by Gasteiger charge is -2.40. The fourth-order valence-electron chi connectivity index (χ4n) is 10.2. The zero-order valence-corrected chi connectivity index (χ0v) is 45.8. The smallest absolute Gasteiger partial charge is 0.249 e. The summed E-state index contributed by atoms with van der Waals surface area (Å²) in [6, 6.07) is -1.16. The largest absolute Gasteiger partial charge is 0.394 e. The monoisotopic (exact) mass is 1000 g/mol. The molecule has 11 heteroatoms. The Kier molecular flexibility index (Phi) is 47.0. The quantitative estimate of drug-likeness (QED) is 0.0272. The highest BCUT2D eigenvalue weighted by Crippen LogP contribution is 2.24. The topological polar surface area (TPSA) is 189 Å². The Balaban J connectivity index is 2.27. The molecule has 0 aliphatic carbocycles. The van der Waals surface area contributed by atoms with Gasteiger partial charge in [-0.15, -0.1) is 0 Å². The number of unbranched alkanes of at least 4 members (excludes halogenated alkanes) is 41. The van der Waals surface area contributed by atoms with Crippen LogP contribution in [0.25, 0.3) is 0 Å². The summed E-state index contributed by atoms with van der Waals surface area (Å²) in [6.07, 6.45) is 44.4. The molecule has 8 N–H and O–H groups in total. The van der Waals surface area contributed by atoms with Crippen LogP contribution in [0.4, 0.5) is 0 Å².